The Morgan fingerprint density at radius 2 is 1.89 bits per heavy atom. The standard InChI is InChI=1S/C13H15N3O2/c1-8(2)12-15-16-13(18-12)10-6-4-9(5-7-10)11(17)14-3/h4-8H,1-3H3,(H,14,17). The van der Waals surface area contributed by atoms with E-state index in [9.17, 15) is 4.79 Å². The van der Waals surface area contributed by atoms with Crippen LogP contribution in [0.1, 0.15) is 36.0 Å². The summed E-state index contributed by atoms with van der Waals surface area (Å²) in [6.07, 6.45) is 0. The van der Waals surface area contributed by atoms with Crippen molar-refractivity contribution in [2.24, 2.45) is 0 Å². The largest absolute Gasteiger partial charge is 0.420 e. The molecule has 5 nitrogen and oxygen atoms in total. The van der Waals surface area contributed by atoms with Gasteiger partial charge in [0, 0.05) is 24.1 Å². The van der Waals surface area contributed by atoms with Gasteiger partial charge in [0.2, 0.25) is 11.8 Å². The van der Waals surface area contributed by atoms with Gasteiger partial charge >= 0.3 is 0 Å². The molecule has 1 heterocycles. The lowest BCUT2D eigenvalue weighted by molar-refractivity contribution is 0.0963. The lowest BCUT2D eigenvalue weighted by Crippen LogP contribution is -2.17. The first-order valence-electron chi connectivity index (χ1n) is 5.77. The van der Waals surface area contributed by atoms with Gasteiger partial charge in [-0.2, -0.15) is 0 Å². The third kappa shape index (κ3) is 2.40. The normalized spacial score (nSPS) is 10.7. The first kappa shape index (κ1) is 12.3. The summed E-state index contributed by atoms with van der Waals surface area (Å²) in [5, 5.41) is 10.5. The minimum atomic E-state index is -0.116. The zero-order chi connectivity index (χ0) is 13.1. The number of nitrogens with one attached hydrogen (secondary N) is 1. The van der Waals surface area contributed by atoms with E-state index in [1.165, 1.54) is 0 Å². The molecule has 0 fully saturated rings. The van der Waals surface area contributed by atoms with Gasteiger partial charge in [0.1, 0.15) is 0 Å². The van der Waals surface area contributed by atoms with Crippen molar-refractivity contribution in [3.8, 4) is 11.5 Å². The molecule has 0 aliphatic rings. The van der Waals surface area contributed by atoms with Crippen LogP contribution in [0, 0.1) is 0 Å². The van der Waals surface area contributed by atoms with E-state index in [1.807, 2.05) is 13.8 Å². The molecule has 0 bridgehead atoms. The summed E-state index contributed by atoms with van der Waals surface area (Å²) < 4.78 is 5.54. The van der Waals surface area contributed by atoms with Crippen molar-refractivity contribution < 1.29 is 9.21 Å². The highest BCUT2D eigenvalue weighted by molar-refractivity contribution is 5.94. The fourth-order valence-electron chi connectivity index (χ4n) is 1.49. The summed E-state index contributed by atoms with van der Waals surface area (Å²) in [6, 6.07) is 7.05. The second-order valence-electron chi connectivity index (χ2n) is 4.26. The molecular weight excluding hydrogens is 230 g/mol. The second-order valence-corrected chi connectivity index (χ2v) is 4.26. The van der Waals surface area contributed by atoms with Gasteiger partial charge in [-0.15, -0.1) is 10.2 Å². The van der Waals surface area contributed by atoms with Crippen molar-refractivity contribution in [3.05, 3.63) is 35.7 Å². The SMILES string of the molecule is CNC(=O)c1ccc(-c2nnc(C(C)C)o2)cc1. The van der Waals surface area contributed by atoms with Crippen LogP contribution in [0.3, 0.4) is 0 Å². The Hall–Kier alpha value is -2.17. The maximum absolute atomic E-state index is 11.4. The number of amides is 1. The maximum Gasteiger partial charge on any atom is 0.251 e. The predicted octanol–water partition coefficient (Wildman–Crippen LogP) is 2.22. The molecule has 0 aliphatic heterocycles. The van der Waals surface area contributed by atoms with Gasteiger partial charge in [-0.3, -0.25) is 4.79 Å². The fraction of sp³-hybridized carbons (Fsp3) is 0.308. The predicted molar refractivity (Wildman–Crippen MR) is 67.2 cm³/mol. The molecular formula is C13H15N3O2. The van der Waals surface area contributed by atoms with Crippen LogP contribution >= 0.6 is 0 Å². The van der Waals surface area contributed by atoms with Crippen LogP contribution in [-0.2, 0) is 0 Å². The van der Waals surface area contributed by atoms with E-state index < -0.39 is 0 Å². The molecule has 5 heteroatoms. The van der Waals surface area contributed by atoms with Gasteiger partial charge < -0.3 is 9.73 Å². The van der Waals surface area contributed by atoms with Crippen molar-refractivity contribution in [3.63, 3.8) is 0 Å². The molecule has 2 aromatic rings. The van der Waals surface area contributed by atoms with E-state index in [0.717, 1.165) is 5.56 Å². The average Bonchev–Trinajstić information content (AvgIpc) is 2.88. The molecule has 0 spiro atoms. The Balaban J connectivity index is 2.25. The lowest BCUT2D eigenvalue weighted by Gasteiger charge is -2.00. The maximum atomic E-state index is 11.4. The number of nitrogens with zero attached hydrogens (tertiary/aromatic N) is 2. The van der Waals surface area contributed by atoms with Gasteiger partial charge in [0.05, 0.1) is 0 Å². The van der Waals surface area contributed by atoms with Crippen LogP contribution in [0.5, 0.6) is 0 Å². The van der Waals surface area contributed by atoms with Gasteiger partial charge in [-0.25, -0.2) is 0 Å². The van der Waals surface area contributed by atoms with Crippen molar-refractivity contribution in [1.29, 1.82) is 0 Å². The number of rotatable bonds is 3. The Bertz CT molecular complexity index is 544. The summed E-state index contributed by atoms with van der Waals surface area (Å²) in [5.41, 5.74) is 1.41. The molecule has 18 heavy (non-hydrogen) atoms. The Morgan fingerprint density at radius 1 is 1.22 bits per heavy atom. The zero-order valence-electron chi connectivity index (χ0n) is 10.6. The molecule has 0 radical (unpaired) electrons. The van der Waals surface area contributed by atoms with E-state index in [1.54, 1.807) is 31.3 Å². The second kappa shape index (κ2) is 5.00. The summed E-state index contributed by atoms with van der Waals surface area (Å²) in [5.74, 6) is 1.17. The van der Waals surface area contributed by atoms with Crippen molar-refractivity contribution in [1.82, 2.24) is 15.5 Å². The van der Waals surface area contributed by atoms with Gasteiger partial charge in [-0.05, 0) is 24.3 Å². The summed E-state index contributed by atoms with van der Waals surface area (Å²) in [6.45, 7) is 3.98. The highest BCUT2D eigenvalue weighted by Gasteiger charge is 2.11. The van der Waals surface area contributed by atoms with E-state index in [-0.39, 0.29) is 11.8 Å². The van der Waals surface area contributed by atoms with E-state index in [0.29, 0.717) is 17.3 Å². The highest BCUT2D eigenvalue weighted by Crippen LogP contribution is 2.21. The highest BCUT2D eigenvalue weighted by atomic mass is 16.4. The van der Waals surface area contributed by atoms with Crippen molar-refractivity contribution >= 4 is 5.91 Å². The number of carbonyl (C=O) groups is 1. The Labute approximate surface area is 105 Å². The van der Waals surface area contributed by atoms with Gasteiger partial charge in [0.25, 0.3) is 5.91 Å². The van der Waals surface area contributed by atoms with Crippen LogP contribution < -0.4 is 5.32 Å². The number of carbonyl (C=O) groups excluding carboxylic acids is 1. The lowest BCUT2D eigenvalue weighted by atomic mass is 10.1. The smallest absolute Gasteiger partial charge is 0.251 e. The summed E-state index contributed by atoms with van der Waals surface area (Å²) in [4.78, 5) is 11.4. The Kier molecular flexibility index (Phi) is 3.41. The van der Waals surface area contributed by atoms with Crippen LogP contribution in [0.4, 0.5) is 0 Å². The Morgan fingerprint density at radius 3 is 2.39 bits per heavy atom. The first-order valence-corrected chi connectivity index (χ1v) is 5.77. The molecule has 0 aliphatic carbocycles. The molecule has 0 unspecified atom stereocenters. The molecule has 1 amide bonds. The van der Waals surface area contributed by atoms with Crippen molar-refractivity contribution in [2.45, 2.75) is 19.8 Å². The third-order valence-electron chi connectivity index (χ3n) is 2.56. The van der Waals surface area contributed by atoms with Crippen LogP contribution in [0.15, 0.2) is 28.7 Å². The van der Waals surface area contributed by atoms with Gasteiger partial charge in [-0.1, -0.05) is 13.8 Å². The topological polar surface area (TPSA) is 68.0 Å². The van der Waals surface area contributed by atoms with E-state index >= 15 is 0 Å². The summed E-state index contributed by atoms with van der Waals surface area (Å²) >= 11 is 0. The van der Waals surface area contributed by atoms with E-state index in [4.69, 9.17) is 4.42 Å². The number of benzene rings is 1. The zero-order valence-corrected chi connectivity index (χ0v) is 10.6. The molecule has 0 saturated carbocycles. The first-order chi connectivity index (χ1) is 8.61. The van der Waals surface area contributed by atoms with Crippen LogP contribution in [0.25, 0.3) is 11.5 Å². The molecule has 2 rings (SSSR count). The summed E-state index contributed by atoms with van der Waals surface area (Å²) in [7, 11) is 1.60. The third-order valence-corrected chi connectivity index (χ3v) is 2.56. The fourth-order valence-corrected chi connectivity index (χ4v) is 1.49. The van der Waals surface area contributed by atoms with Gasteiger partial charge in [0.15, 0.2) is 0 Å². The minimum absolute atomic E-state index is 0.116. The van der Waals surface area contributed by atoms with Crippen LogP contribution in [-0.4, -0.2) is 23.2 Å². The molecule has 1 N–H and O–H groups in total. The van der Waals surface area contributed by atoms with E-state index in [2.05, 4.69) is 15.5 Å². The van der Waals surface area contributed by atoms with Crippen LogP contribution in [0.2, 0.25) is 0 Å². The number of hydrogen-bond acceptors (Lipinski definition) is 4. The molecule has 1 aromatic carbocycles. The molecule has 94 valence electrons. The van der Waals surface area contributed by atoms with Crippen molar-refractivity contribution in [2.75, 3.05) is 7.05 Å². The minimum Gasteiger partial charge on any atom is -0.420 e. The average molecular weight is 245 g/mol. The molecule has 1 aromatic heterocycles. The monoisotopic (exact) mass is 245 g/mol. The number of aromatic nitrogens is 2. The molecule has 0 saturated heterocycles. The quantitative estimate of drug-likeness (QED) is 0.900. The molecule has 0 atom stereocenters. The number of hydrogen-bond donors (Lipinski definition) is 1.